The number of benzene rings is 2. The van der Waals surface area contributed by atoms with Gasteiger partial charge in [0.15, 0.2) is 6.61 Å². The number of carbonyl (C=O) groups is 2. The Labute approximate surface area is 146 Å². The normalized spacial score (nSPS) is 10.2. The molecule has 0 saturated carbocycles. The Kier molecular flexibility index (Phi) is 4.73. The molecule has 5 nitrogen and oxygen atoms in total. The molecule has 3 aromatic rings. The van der Waals surface area contributed by atoms with Crippen molar-refractivity contribution in [1.29, 1.82) is 5.26 Å². The highest BCUT2D eigenvalue weighted by Gasteiger charge is 2.14. The topological polar surface area (TPSA) is 79.2 Å². The number of nitrogens with zero attached hydrogens (tertiary/aromatic N) is 1. The van der Waals surface area contributed by atoms with Gasteiger partial charge >= 0.3 is 5.97 Å². The van der Waals surface area contributed by atoms with Crippen LogP contribution in [-0.2, 0) is 9.53 Å². The van der Waals surface area contributed by atoms with Crippen LogP contribution in [0.15, 0.2) is 48.5 Å². The van der Waals surface area contributed by atoms with Crippen molar-refractivity contribution in [1.82, 2.24) is 0 Å². The van der Waals surface area contributed by atoms with E-state index in [0.29, 0.717) is 16.6 Å². The van der Waals surface area contributed by atoms with Gasteiger partial charge in [-0.1, -0.05) is 12.1 Å². The lowest BCUT2D eigenvalue weighted by atomic mass is 10.2. The average Bonchev–Trinajstić information content (AvgIpc) is 3.03. The number of esters is 1. The predicted octanol–water partition coefficient (Wildman–Crippen LogP) is 3.71. The first-order chi connectivity index (χ1) is 12.1. The molecule has 7 heteroatoms. The van der Waals surface area contributed by atoms with Crippen LogP contribution in [0.1, 0.15) is 15.2 Å². The molecule has 0 fully saturated rings. The van der Waals surface area contributed by atoms with Crippen molar-refractivity contribution in [3.63, 3.8) is 0 Å². The first kappa shape index (κ1) is 16.6. The summed E-state index contributed by atoms with van der Waals surface area (Å²) >= 11 is 1.16. The summed E-state index contributed by atoms with van der Waals surface area (Å²) in [5, 5.41) is 12.1. The Morgan fingerprint density at radius 2 is 2.00 bits per heavy atom. The lowest BCUT2D eigenvalue weighted by molar-refractivity contribution is -0.119. The molecule has 0 unspecified atom stereocenters. The van der Waals surface area contributed by atoms with Gasteiger partial charge < -0.3 is 10.1 Å². The molecule has 0 aliphatic rings. The molecular formula is C18H11FN2O3S. The lowest BCUT2D eigenvalue weighted by Gasteiger charge is -2.07. The summed E-state index contributed by atoms with van der Waals surface area (Å²) in [6, 6.07) is 14.2. The Morgan fingerprint density at radius 1 is 1.20 bits per heavy atom. The number of halogens is 1. The van der Waals surface area contributed by atoms with E-state index < -0.39 is 18.5 Å². The van der Waals surface area contributed by atoms with Crippen molar-refractivity contribution in [3.05, 3.63) is 64.8 Å². The Hall–Kier alpha value is -3.24. The van der Waals surface area contributed by atoms with E-state index in [9.17, 15) is 14.0 Å². The van der Waals surface area contributed by atoms with Crippen molar-refractivity contribution in [2.24, 2.45) is 0 Å². The number of carbonyl (C=O) groups excluding carboxylic acids is 2. The number of hydrogen-bond donors (Lipinski definition) is 1. The zero-order valence-corrected chi connectivity index (χ0v) is 13.6. The number of anilines is 1. The van der Waals surface area contributed by atoms with Crippen LogP contribution in [0.4, 0.5) is 10.1 Å². The van der Waals surface area contributed by atoms with Crippen LogP contribution < -0.4 is 5.32 Å². The molecule has 25 heavy (non-hydrogen) atoms. The number of hydrogen-bond acceptors (Lipinski definition) is 5. The molecule has 2 aromatic carbocycles. The van der Waals surface area contributed by atoms with E-state index in [0.717, 1.165) is 16.0 Å². The predicted molar refractivity (Wildman–Crippen MR) is 91.9 cm³/mol. The maximum atomic E-state index is 13.2. The van der Waals surface area contributed by atoms with Crippen molar-refractivity contribution >= 4 is 39.0 Å². The summed E-state index contributed by atoms with van der Waals surface area (Å²) in [6.45, 7) is -0.485. The summed E-state index contributed by atoms with van der Waals surface area (Å²) in [6.07, 6.45) is 0. The third-order valence-electron chi connectivity index (χ3n) is 3.34. The molecule has 0 aliphatic carbocycles. The van der Waals surface area contributed by atoms with E-state index in [4.69, 9.17) is 10.00 Å². The average molecular weight is 354 g/mol. The van der Waals surface area contributed by atoms with Crippen LogP contribution in [0.5, 0.6) is 0 Å². The Morgan fingerprint density at radius 3 is 2.80 bits per heavy atom. The quantitative estimate of drug-likeness (QED) is 0.725. The molecule has 1 heterocycles. The van der Waals surface area contributed by atoms with E-state index in [1.54, 1.807) is 30.3 Å². The number of amides is 1. The Bertz CT molecular complexity index is 1010. The van der Waals surface area contributed by atoms with Gasteiger partial charge in [0, 0.05) is 4.70 Å². The van der Waals surface area contributed by atoms with Gasteiger partial charge in [0.05, 0.1) is 11.3 Å². The van der Waals surface area contributed by atoms with Gasteiger partial charge in [-0.05, 0) is 41.8 Å². The fourth-order valence-electron chi connectivity index (χ4n) is 2.19. The van der Waals surface area contributed by atoms with Crippen molar-refractivity contribution in [2.45, 2.75) is 0 Å². The number of thiophene rings is 1. The second-order valence-electron chi connectivity index (χ2n) is 5.07. The molecule has 0 spiro atoms. The van der Waals surface area contributed by atoms with Crippen LogP contribution in [0, 0.1) is 17.1 Å². The van der Waals surface area contributed by atoms with E-state index >= 15 is 0 Å². The van der Waals surface area contributed by atoms with Crippen LogP contribution in [0.25, 0.3) is 10.1 Å². The van der Waals surface area contributed by atoms with Gasteiger partial charge in [0.1, 0.15) is 16.8 Å². The summed E-state index contributed by atoms with van der Waals surface area (Å²) < 4.78 is 18.9. The number of para-hydroxylation sites is 1. The largest absolute Gasteiger partial charge is 0.451 e. The minimum absolute atomic E-state index is 0.283. The van der Waals surface area contributed by atoms with Crippen LogP contribution in [0.2, 0.25) is 0 Å². The highest BCUT2D eigenvalue weighted by molar-refractivity contribution is 7.20. The molecule has 0 atom stereocenters. The molecule has 0 saturated heterocycles. The summed E-state index contributed by atoms with van der Waals surface area (Å²) in [5.41, 5.74) is 0.664. The molecule has 1 aromatic heterocycles. The van der Waals surface area contributed by atoms with Crippen LogP contribution in [-0.4, -0.2) is 18.5 Å². The van der Waals surface area contributed by atoms with E-state index in [1.165, 1.54) is 18.2 Å². The second-order valence-corrected chi connectivity index (χ2v) is 6.16. The third kappa shape index (κ3) is 3.82. The van der Waals surface area contributed by atoms with Crippen molar-refractivity contribution < 1.29 is 18.7 Å². The molecule has 0 radical (unpaired) electrons. The molecule has 1 amide bonds. The van der Waals surface area contributed by atoms with Gasteiger partial charge in [0.2, 0.25) is 0 Å². The minimum Gasteiger partial charge on any atom is -0.451 e. The summed E-state index contributed by atoms with van der Waals surface area (Å²) in [7, 11) is 0. The summed E-state index contributed by atoms with van der Waals surface area (Å²) in [5.74, 6) is -1.60. The highest BCUT2D eigenvalue weighted by Crippen LogP contribution is 2.26. The molecule has 0 bridgehead atoms. The maximum Gasteiger partial charge on any atom is 0.348 e. The first-order valence-electron chi connectivity index (χ1n) is 7.22. The Balaban J connectivity index is 1.63. The van der Waals surface area contributed by atoms with Gasteiger partial charge in [-0.15, -0.1) is 11.3 Å². The zero-order chi connectivity index (χ0) is 17.8. The van der Waals surface area contributed by atoms with Gasteiger partial charge in [-0.2, -0.15) is 5.26 Å². The first-order valence-corrected chi connectivity index (χ1v) is 8.03. The summed E-state index contributed by atoms with van der Waals surface area (Å²) in [4.78, 5) is 24.2. The van der Waals surface area contributed by atoms with Gasteiger partial charge in [0.25, 0.3) is 5.91 Å². The maximum absolute atomic E-state index is 13.2. The number of nitrogens with one attached hydrogen (secondary N) is 1. The SMILES string of the molecule is N#Cc1ccccc1NC(=O)COC(=O)c1cc2cc(F)ccc2s1. The van der Waals surface area contributed by atoms with Crippen LogP contribution in [0.3, 0.4) is 0 Å². The number of nitriles is 1. The second kappa shape index (κ2) is 7.11. The fraction of sp³-hybridized carbons (Fsp3) is 0.0556. The number of rotatable bonds is 4. The monoisotopic (exact) mass is 354 g/mol. The van der Waals surface area contributed by atoms with Crippen molar-refractivity contribution in [3.8, 4) is 6.07 Å². The minimum atomic E-state index is -0.662. The third-order valence-corrected chi connectivity index (χ3v) is 4.43. The molecule has 124 valence electrons. The lowest BCUT2D eigenvalue weighted by Crippen LogP contribution is -2.21. The van der Waals surface area contributed by atoms with E-state index in [1.807, 2.05) is 6.07 Å². The molecule has 1 N–H and O–H groups in total. The highest BCUT2D eigenvalue weighted by atomic mass is 32.1. The van der Waals surface area contributed by atoms with Gasteiger partial charge in [-0.25, -0.2) is 9.18 Å². The smallest absolute Gasteiger partial charge is 0.348 e. The van der Waals surface area contributed by atoms with E-state index in [-0.39, 0.29) is 10.7 Å². The number of fused-ring (bicyclic) bond motifs is 1. The van der Waals surface area contributed by atoms with Gasteiger partial charge in [-0.3, -0.25) is 4.79 Å². The molecular weight excluding hydrogens is 343 g/mol. The molecule has 0 aliphatic heterocycles. The number of ether oxygens (including phenoxy) is 1. The molecule has 3 rings (SSSR count). The standard InChI is InChI=1S/C18H11FN2O3S/c19-13-5-6-15-12(7-13)8-16(25-15)18(23)24-10-17(22)21-14-4-2-1-3-11(14)9-20/h1-8H,10H2,(H,21,22). The fourth-order valence-corrected chi connectivity index (χ4v) is 3.13. The van der Waals surface area contributed by atoms with E-state index in [2.05, 4.69) is 5.32 Å². The zero-order valence-electron chi connectivity index (χ0n) is 12.8. The van der Waals surface area contributed by atoms with Crippen molar-refractivity contribution in [2.75, 3.05) is 11.9 Å². The van der Waals surface area contributed by atoms with Crippen LogP contribution >= 0.6 is 11.3 Å².